The number of piperidine rings is 1. The van der Waals surface area contributed by atoms with Crippen molar-refractivity contribution in [3.8, 4) is 0 Å². The number of nitrogens with two attached hydrogens (primary N) is 2. The molecule has 0 aliphatic carbocycles. The van der Waals surface area contributed by atoms with E-state index in [4.69, 9.17) is 16.2 Å². The Morgan fingerprint density at radius 1 is 0.733 bits per heavy atom. The summed E-state index contributed by atoms with van der Waals surface area (Å²) in [7, 11) is -7.50. The molecule has 30 heavy (non-hydrogen) atoms. The third kappa shape index (κ3) is 3.56. The van der Waals surface area contributed by atoms with Gasteiger partial charge in [-0.25, -0.2) is 16.8 Å². The Morgan fingerprint density at radius 2 is 1.20 bits per heavy atom. The van der Waals surface area contributed by atoms with Gasteiger partial charge in [0, 0.05) is 43.9 Å². The van der Waals surface area contributed by atoms with Gasteiger partial charge in [-0.3, -0.25) is 0 Å². The van der Waals surface area contributed by atoms with Gasteiger partial charge >= 0.3 is 0 Å². The number of anilines is 2. The summed E-state index contributed by atoms with van der Waals surface area (Å²) in [5.74, 6) is 0. The van der Waals surface area contributed by atoms with Crippen molar-refractivity contribution in [1.29, 1.82) is 0 Å². The number of benzene rings is 2. The highest BCUT2D eigenvalue weighted by molar-refractivity contribution is 7.89. The minimum absolute atomic E-state index is 0.138. The molecule has 9 nitrogen and oxygen atoms in total. The zero-order valence-electron chi connectivity index (χ0n) is 16.3. The summed E-state index contributed by atoms with van der Waals surface area (Å²) in [6.07, 6.45) is 0.491. The summed E-state index contributed by atoms with van der Waals surface area (Å²) in [6, 6.07) is 12.0. The van der Waals surface area contributed by atoms with Crippen LogP contribution in [0.1, 0.15) is 12.8 Å². The molecule has 11 heteroatoms. The first-order valence-electron chi connectivity index (χ1n) is 9.53. The predicted octanol–water partition coefficient (Wildman–Crippen LogP) is 1.05. The summed E-state index contributed by atoms with van der Waals surface area (Å²) in [6.45, 7) is 0.789. The highest BCUT2D eigenvalue weighted by Crippen LogP contribution is 2.39. The van der Waals surface area contributed by atoms with E-state index in [2.05, 4.69) is 0 Å². The zero-order valence-corrected chi connectivity index (χ0v) is 17.9. The van der Waals surface area contributed by atoms with Crippen LogP contribution < -0.4 is 11.5 Å². The number of nitrogen functional groups attached to an aromatic ring is 2. The molecule has 4 rings (SSSR count). The molecular formula is C19H24N4O5S2. The van der Waals surface area contributed by atoms with Crippen LogP contribution in [0.15, 0.2) is 58.3 Å². The zero-order chi connectivity index (χ0) is 21.6. The van der Waals surface area contributed by atoms with Gasteiger partial charge in [-0.2, -0.15) is 8.61 Å². The van der Waals surface area contributed by atoms with Gasteiger partial charge in [-0.1, -0.05) is 0 Å². The quantitative estimate of drug-likeness (QED) is 0.662. The minimum Gasteiger partial charge on any atom is -0.399 e. The van der Waals surface area contributed by atoms with E-state index >= 15 is 0 Å². The molecule has 2 fully saturated rings. The first-order valence-corrected chi connectivity index (χ1v) is 12.4. The van der Waals surface area contributed by atoms with Crippen LogP contribution in [0.25, 0.3) is 0 Å². The van der Waals surface area contributed by atoms with Crippen molar-refractivity contribution in [3.63, 3.8) is 0 Å². The van der Waals surface area contributed by atoms with Gasteiger partial charge in [0.25, 0.3) is 0 Å². The van der Waals surface area contributed by atoms with Gasteiger partial charge in [0.1, 0.15) is 5.72 Å². The standard InChI is InChI=1S/C19H24N4O5S2/c20-15-1-5-17(6-2-15)29(24,25)22-11-9-19(10-12-22)23(13-14-28-19)30(26,27)18-7-3-16(21)4-8-18/h1-8H,9-14,20-21H2. The van der Waals surface area contributed by atoms with Crippen LogP contribution in [-0.2, 0) is 24.8 Å². The van der Waals surface area contributed by atoms with E-state index in [0.717, 1.165) is 0 Å². The van der Waals surface area contributed by atoms with Gasteiger partial charge in [-0.15, -0.1) is 0 Å². The minimum atomic E-state index is -3.80. The average Bonchev–Trinajstić information content (AvgIpc) is 3.13. The van der Waals surface area contributed by atoms with E-state index in [1.54, 1.807) is 12.1 Å². The number of ether oxygens (including phenoxy) is 1. The first-order chi connectivity index (χ1) is 14.1. The monoisotopic (exact) mass is 452 g/mol. The van der Waals surface area contributed by atoms with Crippen molar-refractivity contribution >= 4 is 31.4 Å². The summed E-state index contributed by atoms with van der Waals surface area (Å²) in [4.78, 5) is 0.296. The predicted molar refractivity (Wildman–Crippen MR) is 112 cm³/mol. The number of sulfonamides is 2. The van der Waals surface area contributed by atoms with Crippen LogP contribution >= 0.6 is 0 Å². The second-order valence-electron chi connectivity index (χ2n) is 7.41. The molecule has 162 valence electrons. The lowest BCUT2D eigenvalue weighted by atomic mass is 10.0. The molecule has 0 aromatic heterocycles. The van der Waals surface area contributed by atoms with Crippen molar-refractivity contribution in [2.24, 2.45) is 0 Å². The number of rotatable bonds is 4. The molecule has 2 aromatic rings. The van der Waals surface area contributed by atoms with Gasteiger partial charge in [0.2, 0.25) is 20.0 Å². The summed E-state index contributed by atoms with van der Waals surface area (Å²) in [5.41, 5.74) is 11.2. The molecule has 2 aliphatic rings. The third-order valence-corrected chi connectivity index (χ3v) is 9.49. The summed E-state index contributed by atoms with van der Waals surface area (Å²) in [5, 5.41) is 0. The third-order valence-electron chi connectivity index (χ3n) is 5.61. The number of hydrogen-bond donors (Lipinski definition) is 2. The van der Waals surface area contributed by atoms with Crippen molar-refractivity contribution in [3.05, 3.63) is 48.5 Å². The molecule has 1 spiro atoms. The van der Waals surface area contributed by atoms with Crippen molar-refractivity contribution < 1.29 is 21.6 Å². The molecule has 0 atom stereocenters. The van der Waals surface area contributed by atoms with Crippen LogP contribution in [0.3, 0.4) is 0 Å². The molecule has 2 aliphatic heterocycles. The van der Waals surface area contributed by atoms with Crippen LogP contribution in [0.5, 0.6) is 0 Å². The maximum Gasteiger partial charge on any atom is 0.245 e. The van der Waals surface area contributed by atoms with Crippen molar-refractivity contribution in [2.75, 3.05) is 37.7 Å². The molecule has 0 amide bonds. The molecule has 2 heterocycles. The lowest BCUT2D eigenvalue weighted by Crippen LogP contribution is -2.55. The van der Waals surface area contributed by atoms with Crippen LogP contribution in [0, 0.1) is 0 Å². The second-order valence-corrected chi connectivity index (χ2v) is 11.2. The SMILES string of the molecule is Nc1ccc(S(=O)(=O)N2CCC3(CC2)OCCN3S(=O)(=O)c2ccc(N)cc2)cc1. The van der Waals surface area contributed by atoms with Gasteiger partial charge < -0.3 is 16.2 Å². The maximum absolute atomic E-state index is 13.2. The van der Waals surface area contributed by atoms with Gasteiger partial charge in [0.05, 0.1) is 16.4 Å². The molecule has 0 radical (unpaired) electrons. The van der Waals surface area contributed by atoms with Crippen LogP contribution in [0.4, 0.5) is 11.4 Å². The van der Waals surface area contributed by atoms with Gasteiger partial charge in [-0.05, 0) is 48.5 Å². The lowest BCUT2D eigenvalue weighted by molar-refractivity contribution is -0.0806. The number of nitrogens with zero attached hydrogens (tertiary/aromatic N) is 2. The highest BCUT2D eigenvalue weighted by atomic mass is 32.2. The molecule has 0 bridgehead atoms. The Hall–Kier alpha value is -2.18. The van der Waals surface area contributed by atoms with Crippen LogP contribution in [0.2, 0.25) is 0 Å². The van der Waals surface area contributed by atoms with E-state index in [9.17, 15) is 16.8 Å². The smallest absolute Gasteiger partial charge is 0.245 e. The van der Waals surface area contributed by atoms with E-state index in [0.29, 0.717) is 11.4 Å². The Balaban J connectivity index is 1.55. The summed E-state index contributed by atoms with van der Waals surface area (Å²) >= 11 is 0. The first kappa shape index (κ1) is 21.1. The molecule has 2 aromatic carbocycles. The van der Waals surface area contributed by atoms with Crippen molar-refractivity contribution in [2.45, 2.75) is 28.4 Å². The number of hydrogen-bond acceptors (Lipinski definition) is 7. The second kappa shape index (κ2) is 7.50. The van der Waals surface area contributed by atoms with E-state index in [1.165, 1.54) is 45.0 Å². The van der Waals surface area contributed by atoms with Crippen LogP contribution in [-0.4, -0.2) is 57.4 Å². The Morgan fingerprint density at radius 3 is 1.70 bits per heavy atom. The normalized spacial score (nSPS) is 20.5. The molecule has 2 saturated heterocycles. The lowest BCUT2D eigenvalue weighted by Gasteiger charge is -2.42. The van der Waals surface area contributed by atoms with E-state index in [1.807, 2.05) is 0 Å². The summed E-state index contributed by atoms with van der Waals surface area (Å²) < 4.78 is 60.9. The Kier molecular flexibility index (Phi) is 5.27. The molecular weight excluding hydrogens is 428 g/mol. The maximum atomic E-state index is 13.2. The van der Waals surface area contributed by atoms with Crippen molar-refractivity contribution in [1.82, 2.24) is 8.61 Å². The van der Waals surface area contributed by atoms with Gasteiger partial charge in [0.15, 0.2) is 0 Å². The largest absolute Gasteiger partial charge is 0.399 e. The average molecular weight is 453 g/mol. The fraction of sp³-hybridized carbons (Fsp3) is 0.368. The fourth-order valence-corrected chi connectivity index (χ4v) is 7.12. The molecule has 0 unspecified atom stereocenters. The fourth-order valence-electron chi connectivity index (χ4n) is 3.96. The highest BCUT2D eigenvalue weighted by Gasteiger charge is 2.51. The van der Waals surface area contributed by atoms with E-state index in [-0.39, 0.29) is 48.9 Å². The molecule has 0 saturated carbocycles. The topological polar surface area (TPSA) is 136 Å². The molecule has 4 N–H and O–H groups in total. The Bertz CT molecular complexity index is 1120. The van der Waals surface area contributed by atoms with E-state index < -0.39 is 25.8 Å². The Labute approximate surface area is 176 Å².